The van der Waals surface area contributed by atoms with Crippen LogP contribution in [0.3, 0.4) is 0 Å². The molecule has 0 spiro atoms. The summed E-state index contributed by atoms with van der Waals surface area (Å²) in [5, 5.41) is 11.3. The molecule has 1 amide bonds. The second-order valence-electron chi connectivity index (χ2n) is 4.09. The minimum atomic E-state index is -1.21. The van der Waals surface area contributed by atoms with Crippen molar-refractivity contribution in [2.45, 2.75) is 25.8 Å². The standard InChI is InChI=1S/C13H18N2O4/c1-3-8-4-5-11(19-2)10(6-8)15-12(16)7-9(14)13(17)18/h4-6,9H,3,7,14H2,1-2H3,(H,15,16)(H,17,18). The van der Waals surface area contributed by atoms with Crippen molar-refractivity contribution in [3.8, 4) is 5.75 Å². The summed E-state index contributed by atoms with van der Waals surface area (Å²) in [5.74, 6) is -1.14. The molecule has 0 aliphatic carbocycles. The quantitative estimate of drug-likeness (QED) is 0.713. The molecule has 1 atom stereocenters. The van der Waals surface area contributed by atoms with Crippen LogP contribution < -0.4 is 15.8 Å². The molecule has 1 rings (SSSR count). The van der Waals surface area contributed by atoms with Crippen molar-refractivity contribution in [3.05, 3.63) is 23.8 Å². The van der Waals surface area contributed by atoms with Gasteiger partial charge in [0.1, 0.15) is 11.8 Å². The van der Waals surface area contributed by atoms with Crippen LogP contribution in [-0.2, 0) is 16.0 Å². The fourth-order valence-corrected chi connectivity index (χ4v) is 1.56. The number of rotatable bonds is 6. The van der Waals surface area contributed by atoms with Gasteiger partial charge in [-0.25, -0.2) is 0 Å². The molecule has 0 aliphatic rings. The third kappa shape index (κ3) is 4.26. The molecule has 0 heterocycles. The highest BCUT2D eigenvalue weighted by atomic mass is 16.5. The predicted molar refractivity (Wildman–Crippen MR) is 71.2 cm³/mol. The van der Waals surface area contributed by atoms with E-state index >= 15 is 0 Å². The first-order valence-corrected chi connectivity index (χ1v) is 5.93. The number of aliphatic carboxylic acids is 1. The molecule has 6 nitrogen and oxygen atoms in total. The molecule has 1 aromatic rings. The van der Waals surface area contributed by atoms with Gasteiger partial charge in [0.2, 0.25) is 5.91 Å². The van der Waals surface area contributed by atoms with E-state index in [2.05, 4.69) is 5.32 Å². The van der Waals surface area contributed by atoms with E-state index in [1.54, 1.807) is 12.1 Å². The molecule has 0 aliphatic heterocycles. The van der Waals surface area contributed by atoms with Crippen LogP contribution in [0.2, 0.25) is 0 Å². The Kier molecular flexibility index (Phi) is 5.32. The molecule has 4 N–H and O–H groups in total. The maximum Gasteiger partial charge on any atom is 0.321 e. The number of nitrogens with one attached hydrogen (secondary N) is 1. The van der Waals surface area contributed by atoms with E-state index in [0.29, 0.717) is 11.4 Å². The average molecular weight is 266 g/mol. The van der Waals surface area contributed by atoms with Gasteiger partial charge in [0.05, 0.1) is 19.2 Å². The van der Waals surface area contributed by atoms with E-state index in [0.717, 1.165) is 12.0 Å². The lowest BCUT2D eigenvalue weighted by molar-refractivity contribution is -0.140. The number of anilines is 1. The Morgan fingerprint density at radius 3 is 2.68 bits per heavy atom. The Morgan fingerprint density at radius 1 is 1.47 bits per heavy atom. The van der Waals surface area contributed by atoms with Gasteiger partial charge in [0.25, 0.3) is 0 Å². The molecular weight excluding hydrogens is 248 g/mol. The van der Waals surface area contributed by atoms with Gasteiger partial charge in [-0.3, -0.25) is 9.59 Å². The summed E-state index contributed by atoms with van der Waals surface area (Å²) in [5.41, 5.74) is 6.86. The van der Waals surface area contributed by atoms with E-state index in [9.17, 15) is 9.59 Å². The lowest BCUT2D eigenvalue weighted by atomic mass is 10.1. The number of carbonyl (C=O) groups is 2. The van der Waals surface area contributed by atoms with Crippen molar-refractivity contribution in [1.29, 1.82) is 0 Å². The van der Waals surface area contributed by atoms with Gasteiger partial charge in [0.15, 0.2) is 0 Å². The third-order valence-electron chi connectivity index (χ3n) is 2.67. The molecule has 0 saturated heterocycles. The average Bonchev–Trinajstić information content (AvgIpc) is 2.38. The zero-order valence-corrected chi connectivity index (χ0v) is 11.0. The summed E-state index contributed by atoms with van der Waals surface area (Å²) in [6.07, 6.45) is 0.538. The molecular formula is C13H18N2O4. The topological polar surface area (TPSA) is 102 Å². The van der Waals surface area contributed by atoms with Gasteiger partial charge in [-0.15, -0.1) is 0 Å². The van der Waals surface area contributed by atoms with Crippen LogP contribution in [0, 0.1) is 0 Å². The zero-order valence-electron chi connectivity index (χ0n) is 11.0. The maximum atomic E-state index is 11.7. The van der Waals surface area contributed by atoms with Gasteiger partial charge < -0.3 is 20.9 Å². The van der Waals surface area contributed by atoms with Gasteiger partial charge in [-0.05, 0) is 24.1 Å². The summed E-state index contributed by atoms with van der Waals surface area (Å²) < 4.78 is 5.14. The van der Waals surface area contributed by atoms with Crippen molar-refractivity contribution < 1.29 is 19.4 Å². The third-order valence-corrected chi connectivity index (χ3v) is 2.67. The largest absolute Gasteiger partial charge is 0.495 e. The second-order valence-corrected chi connectivity index (χ2v) is 4.09. The minimum Gasteiger partial charge on any atom is -0.495 e. The van der Waals surface area contributed by atoms with Gasteiger partial charge >= 0.3 is 5.97 Å². The van der Waals surface area contributed by atoms with Crippen molar-refractivity contribution in [3.63, 3.8) is 0 Å². The normalized spacial score (nSPS) is 11.7. The van der Waals surface area contributed by atoms with E-state index < -0.39 is 17.9 Å². The summed E-state index contributed by atoms with van der Waals surface area (Å²) in [4.78, 5) is 22.3. The summed E-state index contributed by atoms with van der Waals surface area (Å²) in [6, 6.07) is 4.24. The minimum absolute atomic E-state index is 0.283. The number of carboxylic acids is 1. The van der Waals surface area contributed by atoms with E-state index in [4.69, 9.17) is 15.6 Å². The summed E-state index contributed by atoms with van der Waals surface area (Å²) in [6.45, 7) is 1.99. The summed E-state index contributed by atoms with van der Waals surface area (Å²) >= 11 is 0. The highest BCUT2D eigenvalue weighted by Gasteiger charge is 2.17. The van der Waals surface area contributed by atoms with Crippen LogP contribution in [0.25, 0.3) is 0 Å². The molecule has 6 heteroatoms. The number of aryl methyl sites for hydroxylation is 1. The number of nitrogens with two attached hydrogens (primary N) is 1. The number of carbonyl (C=O) groups excluding carboxylic acids is 1. The molecule has 104 valence electrons. The molecule has 0 fully saturated rings. The van der Waals surface area contributed by atoms with Gasteiger partial charge in [-0.2, -0.15) is 0 Å². The monoisotopic (exact) mass is 266 g/mol. The highest BCUT2D eigenvalue weighted by Crippen LogP contribution is 2.25. The number of hydrogen-bond donors (Lipinski definition) is 3. The Balaban J connectivity index is 2.80. The number of ether oxygens (including phenoxy) is 1. The number of amides is 1. The van der Waals surface area contributed by atoms with Crippen LogP contribution in [0.4, 0.5) is 5.69 Å². The lowest BCUT2D eigenvalue weighted by Crippen LogP contribution is -2.34. The fraction of sp³-hybridized carbons (Fsp3) is 0.385. The summed E-state index contributed by atoms with van der Waals surface area (Å²) in [7, 11) is 1.50. The number of carboxylic acid groups (broad SMARTS) is 1. The SMILES string of the molecule is CCc1ccc(OC)c(NC(=O)CC(N)C(=O)O)c1. The lowest BCUT2D eigenvalue weighted by Gasteiger charge is -2.12. The van der Waals surface area contributed by atoms with Gasteiger partial charge in [-0.1, -0.05) is 13.0 Å². The molecule has 19 heavy (non-hydrogen) atoms. The zero-order chi connectivity index (χ0) is 14.4. The highest BCUT2D eigenvalue weighted by molar-refractivity contribution is 5.95. The molecule has 0 bridgehead atoms. The molecule has 0 aromatic heterocycles. The Hall–Kier alpha value is -2.08. The smallest absolute Gasteiger partial charge is 0.321 e. The first kappa shape index (κ1) is 15.0. The van der Waals surface area contributed by atoms with Crippen molar-refractivity contribution in [2.24, 2.45) is 5.73 Å². The van der Waals surface area contributed by atoms with Crippen LogP contribution in [0.5, 0.6) is 5.75 Å². The molecule has 1 unspecified atom stereocenters. The predicted octanol–water partition coefficient (Wildman–Crippen LogP) is 0.998. The van der Waals surface area contributed by atoms with E-state index in [1.807, 2.05) is 13.0 Å². The number of benzene rings is 1. The van der Waals surface area contributed by atoms with E-state index in [-0.39, 0.29) is 6.42 Å². The van der Waals surface area contributed by atoms with Crippen LogP contribution >= 0.6 is 0 Å². The molecule has 0 saturated carbocycles. The van der Waals surface area contributed by atoms with Crippen molar-refractivity contribution in [2.75, 3.05) is 12.4 Å². The number of methoxy groups -OCH3 is 1. The fourth-order valence-electron chi connectivity index (χ4n) is 1.56. The van der Waals surface area contributed by atoms with Crippen LogP contribution in [0.15, 0.2) is 18.2 Å². The number of hydrogen-bond acceptors (Lipinski definition) is 4. The van der Waals surface area contributed by atoms with Crippen molar-refractivity contribution in [1.82, 2.24) is 0 Å². The van der Waals surface area contributed by atoms with Crippen LogP contribution in [-0.4, -0.2) is 30.1 Å². The Morgan fingerprint density at radius 2 is 2.16 bits per heavy atom. The van der Waals surface area contributed by atoms with Crippen molar-refractivity contribution >= 4 is 17.6 Å². The Labute approximate surface area is 111 Å². The first-order chi connectivity index (χ1) is 8.97. The van der Waals surface area contributed by atoms with E-state index in [1.165, 1.54) is 7.11 Å². The molecule has 0 radical (unpaired) electrons. The van der Waals surface area contributed by atoms with Gasteiger partial charge in [0, 0.05) is 0 Å². The van der Waals surface area contributed by atoms with Crippen LogP contribution in [0.1, 0.15) is 18.9 Å². The first-order valence-electron chi connectivity index (χ1n) is 5.93. The Bertz CT molecular complexity index is 474. The second kappa shape index (κ2) is 6.75. The maximum absolute atomic E-state index is 11.7. The molecule has 1 aromatic carbocycles.